The number of hydrogen-bond acceptors (Lipinski definition) is 3. The number of nitrogens with zero attached hydrogens (tertiary/aromatic N) is 2. The van der Waals surface area contributed by atoms with Crippen LogP contribution in [0.25, 0.3) is 33.3 Å². The van der Waals surface area contributed by atoms with Crippen molar-refractivity contribution in [1.29, 1.82) is 0 Å². The highest BCUT2D eigenvalue weighted by Crippen LogP contribution is 2.37. The number of aromatic nitrogens is 2. The van der Waals surface area contributed by atoms with Gasteiger partial charge in [-0.15, -0.1) is 0 Å². The van der Waals surface area contributed by atoms with E-state index < -0.39 is 8.07 Å². The first kappa shape index (κ1) is 22.7. The van der Waals surface area contributed by atoms with Gasteiger partial charge in [0.2, 0.25) is 5.71 Å². The fraction of sp³-hybridized carbons (Fsp3) is 0.429. The molecule has 3 nitrogen and oxygen atoms in total. The number of fused-ring (bicyclic) bond motifs is 3. The highest BCUT2D eigenvalue weighted by atomic mass is 28.3. The van der Waals surface area contributed by atoms with Gasteiger partial charge in [0.05, 0.1) is 13.8 Å². The van der Waals surface area contributed by atoms with E-state index in [9.17, 15) is 0 Å². The molecular formula is C28H36N2OSi. The average Bonchev–Trinajstić information content (AvgIpc) is 3.03. The second-order valence-electron chi connectivity index (χ2n) is 12.3. The number of rotatable bonds is 3. The molecule has 0 aliphatic rings. The second kappa shape index (κ2) is 7.55. The summed E-state index contributed by atoms with van der Waals surface area (Å²) in [6.45, 7) is 20.7. The van der Waals surface area contributed by atoms with Gasteiger partial charge in [0.15, 0.2) is 0 Å². The SMILES string of the molecule is CC(C)(C)Cc1ccnc(-c2ccc([Si](C)(C)C)c3c2oc2ncc(C(C)(C)C)cc23)c1. The van der Waals surface area contributed by atoms with Crippen LogP contribution in [0.2, 0.25) is 19.6 Å². The first-order valence-electron chi connectivity index (χ1n) is 11.6. The zero-order chi connectivity index (χ0) is 23.5. The van der Waals surface area contributed by atoms with Crippen LogP contribution in [0, 0.1) is 5.41 Å². The quantitative estimate of drug-likeness (QED) is 0.308. The Morgan fingerprint density at radius 3 is 2.25 bits per heavy atom. The average molecular weight is 445 g/mol. The zero-order valence-corrected chi connectivity index (χ0v) is 22.1. The molecule has 0 radical (unpaired) electrons. The molecule has 0 unspecified atom stereocenters. The minimum atomic E-state index is -1.62. The Hall–Kier alpha value is -2.46. The molecule has 0 saturated heterocycles. The summed E-state index contributed by atoms with van der Waals surface area (Å²) in [5, 5.41) is 3.75. The van der Waals surface area contributed by atoms with Gasteiger partial charge in [-0.3, -0.25) is 4.98 Å². The molecular weight excluding hydrogens is 408 g/mol. The van der Waals surface area contributed by atoms with Crippen LogP contribution >= 0.6 is 0 Å². The molecule has 4 aromatic rings. The molecule has 3 heterocycles. The van der Waals surface area contributed by atoms with Gasteiger partial charge in [-0.2, -0.15) is 0 Å². The van der Waals surface area contributed by atoms with Crippen LogP contribution in [-0.2, 0) is 11.8 Å². The standard InChI is InChI=1S/C28H36N2OSi/c1-27(2,3)16-18-12-13-29-22(14-18)20-10-11-23(32(7,8)9)24-21-15-19(28(4,5)6)17-30-26(21)31-25(20)24/h10-15,17H,16H2,1-9H3. The van der Waals surface area contributed by atoms with E-state index in [1.165, 1.54) is 21.7 Å². The summed E-state index contributed by atoms with van der Waals surface area (Å²) >= 11 is 0. The van der Waals surface area contributed by atoms with Crippen molar-refractivity contribution in [3.63, 3.8) is 0 Å². The number of pyridine rings is 2. The van der Waals surface area contributed by atoms with Crippen molar-refractivity contribution in [1.82, 2.24) is 9.97 Å². The summed E-state index contributed by atoms with van der Waals surface area (Å²) in [5.41, 5.74) is 6.43. The van der Waals surface area contributed by atoms with E-state index in [2.05, 4.69) is 91.5 Å². The third-order valence-corrected chi connectivity index (χ3v) is 8.02. The predicted molar refractivity (Wildman–Crippen MR) is 140 cm³/mol. The topological polar surface area (TPSA) is 38.9 Å². The summed E-state index contributed by atoms with van der Waals surface area (Å²) in [6.07, 6.45) is 4.89. The molecule has 0 amide bonds. The van der Waals surface area contributed by atoms with E-state index in [-0.39, 0.29) is 10.8 Å². The molecule has 0 atom stereocenters. The predicted octanol–water partition coefficient (Wildman–Crippen LogP) is 7.47. The minimum Gasteiger partial charge on any atom is -0.437 e. The van der Waals surface area contributed by atoms with Gasteiger partial charge in [0.25, 0.3) is 0 Å². The molecule has 0 aliphatic heterocycles. The fourth-order valence-electron chi connectivity index (χ4n) is 4.35. The summed E-state index contributed by atoms with van der Waals surface area (Å²) in [4.78, 5) is 9.48. The lowest BCUT2D eigenvalue weighted by Gasteiger charge is -2.20. The van der Waals surface area contributed by atoms with Crippen LogP contribution in [-0.4, -0.2) is 18.0 Å². The molecule has 0 fully saturated rings. The first-order valence-corrected chi connectivity index (χ1v) is 15.1. The van der Waals surface area contributed by atoms with Gasteiger partial charge in [0.1, 0.15) is 5.58 Å². The van der Waals surface area contributed by atoms with Gasteiger partial charge >= 0.3 is 0 Å². The Morgan fingerprint density at radius 2 is 1.62 bits per heavy atom. The zero-order valence-electron chi connectivity index (χ0n) is 21.1. The monoisotopic (exact) mass is 444 g/mol. The smallest absolute Gasteiger partial charge is 0.227 e. The fourth-order valence-corrected chi connectivity index (χ4v) is 5.93. The van der Waals surface area contributed by atoms with Crippen LogP contribution in [0.15, 0.2) is 47.1 Å². The summed E-state index contributed by atoms with van der Waals surface area (Å²) < 4.78 is 6.45. The number of benzene rings is 1. The molecule has 0 bridgehead atoms. The maximum atomic E-state index is 6.45. The number of furan rings is 1. The van der Waals surface area contributed by atoms with Gasteiger partial charge in [-0.25, -0.2) is 4.98 Å². The largest absolute Gasteiger partial charge is 0.437 e. The van der Waals surface area contributed by atoms with Gasteiger partial charge in [0, 0.05) is 28.7 Å². The summed E-state index contributed by atoms with van der Waals surface area (Å²) in [6, 6.07) is 11.1. The van der Waals surface area contributed by atoms with Gasteiger partial charge in [-0.05, 0) is 57.8 Å². The lowest BCUT2D eigenvalue weighted by molar-refractivity contribution is 0.411. The molecule has 0 spiro atoms. The Balaban J connectivity index is 2.01. The second-order valence-corrected chi connectivity index (χ2v) is 17.4. The van der Waals surface area contributed by atoms with E-state index in [1.807, 2.05) is 12.4 Å². The third kappa shape index (κ3) is 4.38. The maximum absolute atomic E-state index is 6.45. The molecule has 4 rings (SSSR count). The molecule has 0 saturated carbocycles. The Bertz CT molecular complexity index is 1300. The Labute approximate surface area is 193 Å². The first-order chi connectivity index (χ1) is 14.7. The van der Waals surface area contributed by atoms with Crippen LogP contribution in [0.1, 0.15) is 52.7 Å². The summed E-state index contributed by atoms with van der Waals surface area (Å²) in [7, 11) is -1.62. The van der Waals surface area contributed by atoms with E-state index in [0.717, 1.165) is 28.6 Å². The highest BCUT2D eigenvalue weighted by Gasteiger charge is 2.26. The molecule has 168 valence electrons. The van der Waals surface area contributed by atoms with Crippen molar-refractivity contribution in [2.24, 2.45) is 5.41 Å². The van der Waals surface area contributed by atoms with Crippen molar-refractivity contribution in [3.05, 3.63) is 53.9 Å². The maximum Gasteiger partial charge on any atom is 0.227 e. The number of hydrogen-bond donors (Lipinski definition) is 0. The molecule has 0 N–H and O–H groups in total. The van der Waals surface area contributed by atoms with Crippen molar-refractivity contribution in [2.45, 2.75) is 73.0 Å². The van der Waals surface area contributed by atoms with E-state index in [0.29, 0.717) is 5.71 Å². The molecule has 32 heavy (non-hydrogen) atoms. The normalized spacial score (nSPS) is 13.3. The molecule has 1 aromatic carbocycles. The van der Waals surface area contributed by atoms with Crippen LogP contribution in [0.5, 0.6) is 0 Å². The van der Waals surface area contributed by atoms with Crippen molar-refractivity contribution >= 4 is 35.3 Å². The molecule has 4 heteroatoms. The van der Waals surface area contributed by atoms with Gasteiger partial charge in [-0.1, -0.05) is 67.2 Å². The van der Waals surface area contributed by atoms with E-state index in [1.54, 1.807) is 0 Å². The molecule has 0 aliphatic carbocycles. The van der Waals surface area contributed by atoms with E-state index in [4.69, 9.17) is 14.4 Å². The minimum absolute atomic E-state index is 0.0323. The Kier molecular flexibility index (Phi) is 5.36. The van der Waals surface area contributed by atoms with Crippen molar-refractivity contribution in [2.75, 3.05) is 0 Å². The Morgan fingerprint density at radius 1 is 0.906 bits per heavy atom. The van der Waals surface area contributed by atoms with Crippen molar-refractivity contribution in [3.8, 4) is 11.3 Å². The van der Waals surface area contributed by atoms with Crippen LogP contribution in [0.3, 0.4) is 0 Å². The van der Waals surface area contributed by atoms with Crippen molar-refractivity contribution < 1.29 is 4.42 Å². The van der Waals surface area contributed by atoms with E-state index >= 15 is 0 Å². The third-order valence-electron chi connectivity index (χ3n) is 5.99. The summed E-state index contributed by atoms with van der Waals surface area (Å²) in [5.74, 6) is 0. The lowest BCUT2D eigenvalue weighted by atomic mass is 9.87. The van der Waals surface area contributed by atoms with Crippen LogP contribution < -0.4 is 5.19 Å². The molecule has 3 aromatic heterocycles. The van der Waals surface area contributed by atoms with Gasteiger partial charge < -0.3 is 4.42 Å². The highest BCUT2D eigenvalue weighted by molar-refractivity contribution is 6.90. The lowest BCUT2D eigenvalue weighted by Crippen LogP contribution is -2.38. The van der Waals surface area contributed by atoms with Crippen LogP contribution in [0.4, 0.5) is 0 Å².